The van der Waals surface area contributed by atoms with Gasteiger partial charge in [0.05, 0.1) is 6.10 Å². The van der Waals surface area contributed by atoms with Crippen molar-refractivity contribution in [3.63, 3.8) is 0 Å². The molecule has 0 aromatic heterocycles. The van der Waals surface area contributed by atoms with E-state index in [-0.39, 0.29) is 19.6 Å². The van der Waals surface area contributed by atoms with E-state index in [1.165, 1.54) is 0 Å². The maximum absolute atomic E-state index is 8.49. The molecule has 0 bridgehead atoms. The van der Waals surface area contributed by atoms with Crippen LogP contribution in [0.2, 0.25) is 0 Å². The molecule has 0 saturated carbocycles. The third kappa shape index (κ3) is 4.51. The molecule has 2 heterocycles. The normalized spacial score (nSPS) is 29.1. The summed E-state index contributed by atoms with van der Waals surface area (Å²) in [6.07, 6.45) is 0.400. The molecule has 3 rings (SSSR count). The predicted molar refractivity (Wildman–Crippen MR) is 84.4 cm³/mol. The standard InChI is InChI=1S/C14H18N2O4.2ClH.Pt/c1-17-12-4-5-14(16,7-15)13(20-12)9-2-3-10-11(6-9)19-8-18-10;;;/h2-3,6,12-13,15-16H,4-5,7-8H2,1H3;2*1H;/q-2;;;+4/p-2. The summed E-state index contributed by atoms with van der Waals surface area (Å²) in [5.41, 5.74) is 16.0. The first kappa shape index (κ1) is 19.3. The first-order valence-corrected chi connectivity index (χ1v) is 12.5. The fraction of sp³-hybridized carbons (Fsp3) is 0.571. The number of methoxy groups -OCH3 is 1. The van der Waals surface area contributed by atoms with Crippen molar-refractivity contribution >= 4 is 18.8 Å². The quantitative estimate of drug-likeness (QED) is 0.563. The van der Waals surface area contributed by atoms with Gasteiger partial charge in [-0.3, -0.25) is 0 Å². The van der Waals surface area contributed by atoms with Crippen molar-refractivity contribution in [3.8, 4) is 11.5 Å². The summed E-state index contributed by atoms with van der Waals surface area (Å²) in [4.78, 5) is 0. The zero-order chi connectivity index (χ0) is 16.9. The molecular formula is C14H18Cl2N2O4Pt. The maximum atomic E-state index is 8.49. The molecule has 2 aliphatic rings. The monoisotopic (exact) mass is 543 g/mol. The minimum absolute atomic E-state index is 0.0114. The molecule has 23 heavy (non-hydrogen) atoms. The van der Waals surface area contributed by atoms with Crippen molar-refractivity contribution in [2.75, 3.05) is 20.4 Å². The van der Waals surface area contributed by atoms with Crippen LogP contribution in [-0.2, 0) is 26.0 Å². The number of benzene rings is 1. The van der Waals surface area contributed by atoms with Crippen molar-refractivity contribution in [3.05, 3.63) is 35.2 Å². The van der Waals surface area contributed by atoms with E-state index < -0.39 is 28.1 Å². The summed E-state index contributed by atoms with van der Waals surface area (Å²) in [6, 6.07) is 5.53. The zero-order valence-corrected chi connectivity index (χ0v) is 16.2. The number of hydrogen-bond acceptors (Lipinski definition) is 4. The molecule has 3 unspecified atom stereocenters. The van der Waals surface area contributed by atoms with E-state index in [9.17, 15) is 0 Å². The Morgan fingerprint density at radius 2 is 2.04 bits per heavy atom. The summed E-state index contributed by atoms with van der Waals surface area (Å²) in [5.74, 6) is 1.37. The number of hydrogen-bond donors (Lipinski definition) is 0. The number of nitrogens with one attached hydrogen (secondary N) is 2. The van der Waals surface area contributed by atoms with Gasteiger partial charge in [-0.25, -0.2) is 0 Å². The van der Waals surface area contributed by atoms with Crippen molar-refractivity contribution in [2.24, 2.45) is 0 Å². The third-order valence-corrected chi connectivity index (χ3v) is 3.89. The average Bonchev–Trinajstić information content (AvgIpc) is 3.03. The molecule has 0 aliphatic carbocycles. The van der Waals surface area contributed by atoms with E-state index in [1.54, 1.807) is 7.11 Å². The molecular weight excluding hydrogens is 526 g/mol. The van der Waals surface area contributed by atoms with Gasteiger partial charge in [-0.05, 0) is 24.1 Å². The van der Waals surface area contributed by atoms with Gasteiger partial charge < -0.3 is 30.4 Å². The van der Waals surface area contributed by atoms with Crippen molar-refractivity contribution in [1.82, 2.24) is 0 Å². The summed E-state index contributed by atoms with van der Waals surface area (Å²) in [5, 5.41) is 0. The van der Waals surface area contributed by atoms with Gasteiger partial charge in [-0.2, -0.15) is 6.54 Å². The molecule has 1 saturated heterocycles. The van der Waals surface area contributed by atoms with Crippen molar-refractivity contribution < 1.29 is 35.4 Å². The van der Waals surface area contributed by atoms with Crippen LogP contribution in [0, 0.1) is 0 Å². The molecule has 0 radical (unpaired) electrons. The third-order valence-electron chi connectivity index (χ3n) is 3.89. The Kier molecular flexibility index (Phi) is 7.42. The minimum atomic E-state index is -0.956. The van der Waals surface area contributed by atoms with Gasteiger partial charge in [0.1, 0.15) is 0 Å². The van der Waals surface area contributed by atoms with Crippen LogP contribution < -0.4 is 9.47 Å². The van der Waals surface area contributed by atoms with Crippen LogP contribution in [0.15, 0.2) is 18.2 Å². The van der Waals surface area contributed by atoms with Gasteiger partial charge in [0.15, 0.2) is 17.8 Å². The first-order chi connectivity index (χ1) is 11.1. The first-order valence-electron chi connectivity index (χ1n) is 6.87. The van der Waals surface area contributed by atoms with E-state index in [4.69, 9.17) is 49.3 Å². The number of fused-ring (bicyclic) bond motifs is 1. The molecule has 1 aromatic carbocycles. The Morgan fingerprint density at radius 1 is 1.35 bits per heavy atom. The van der Waals surface area contributed by atoms with Crippen LogP contribution in [0.4, 0.5) is 0 Å². The number of rotatable bonds is 3. The molecule has 132 valence electrons. The second kappa shape index (κ2) is 8.86. The van der Waals surface area contributed by atoms with Gasteiger partial charge in [0.2, 0.25) is 6.79 Å². The fourth-order valence-electron chi connectivity index (χ4n) is 2.68. The summed E-state index contributed by atoms with van der Waals surface area (Å²) >= 11 is -0.472. The molecule has 3 atom stereocenters. The van der Waals surface area contributed by atoms with Crippen molar-refractivity contribution in [1.29, 1.82) is 0 Å². The van der Waals surface area contributed by atoms with Crippen LogP contribution in [0.1, 0.15) is 24.5 Å². The van der Waals surface area contributed by atoms with E-state index >= 15 is 0 Å². The van der Waals surface area contributed by atoms with Gasteiger partial charge >= 0.3 is 35.3 Å². The Morgan fingerprint density at radius 3 is 2.70 bits per heavy atom. The Hall–Kier alpha value is -0.0717. The summed E-state index contributed by atoms with van der Waals surface area (Å²) in [7, 11) is 11.3. The SMILES string of the molecule is COC1CCC([NH-])(C[NH-])C(c2ccc3c(c2)OCO3)O1.[Cl][Pt+2][Cl]. The molecule has 0 spiro atoms. The second-order valence-electron chi connectivity index (χ2n) is 5.21. The fourth-order valence-corrected chi connectivity index (χ4v) is 2.68. The van der Waals surface area contributed by atoms with Crippen LogP contribution in [0.5, 0.6) is 11.5 Å². The molecule has 2 N–H and O–H groups in total. The van der Waals surface area contributed by atoms with Crippen LogP contribution in [0.3, 0.4) is 0 Å². The van der Waals surface area contributed by atoms with Crippen LogP contribution in [0.25, 0.3) is 11.5 Å². The summed E-state index contributed by atoms with van der Waals surface area (Å²) < 4.78 is 21.8. The predicted octanol–water partition coefficient (Wildman–Crippen LogP) is 4.46. The number of halogens is 2. The Balaban J connectivity index is 0.000000595. The van der Waals surface area contributed by atoms with Gasteiger partial charge in [0, 0.05) is 7.11 Å². The number of ether oxygens (including phenoxy) is 4. The van der Waals surface area contributed by atoms with Gasteiger partial charge in [-0.1, -0.05) is 12.5 Å². The van der Waals surface area contributed by atoms with E-state index in [0.29, 0.717) is 24.3 Å². The zero-order valence-electron chi connectivity index (χ0n) is 12.4. The molecule has 2 aliphatic heterocycles. The molecule has 1 aromatic rings. The molecule has 0 amide bonds. The average molecular weight is 544 g/mol. The molecule has 9 heteroatoms. The van der Waals surface area contributed by atoms with E-state index in [0.717, 1.165) is 5.56 Å². The Bertz CT molecular complexity index is 526. The van der Waals surface area contributed by atoms with Gasteiger partial charge in [0.25, 0.3) is 0 Å². The Labute approximate surface area is 152 Å². The second-order valence-corrected chi connectivity index (χ2v) is 8.49. The van der Waals surface area contributed by atoms with E-state index in [1.807, 2.05) is 18.2 Å². The molecule has 6 nitrogen and oxygen atoms in total. The van der Waals surface area contributed by atoms with Crippen LogP contribution in [-0.4, -0.2) is 32.3 Å². The summed E-state index contributed by atoms with van der Waals surface area (Å²) in [6.45, 7) is 0.206. The van der Waals surface area contributed by atoms with E-state index in [2.05, 4.69) is 0 Å². The van der Waals surface area contributed by atoms with Gasteiger partial charge in [-0.15, -0.1) is 5.54 Å². The molecule has 1 fully saturated rings. The van der Waals surface area contributed by atoms with Crippen molar-refractivity contribution in [2.45, 2.75) is 30.8 Å². The topological polar surface area (TPSA) is 84.5 Å². The van der Waals surface area contributed by atoms with Crippen LogP contribution >= 0.6 is 18.8 Å².